The van der Waals surface area contributed by atoms with E-state index in [1.807, 2.05) is 32.4 Å². The van der Waals surface area contributed by atoms with E-state index in [0.29, 0.717) is 11.1 Å². The molecule has 9 nitrogen and oxygen atoms in total. The van der Waals surface area contributed by atoms with Crippen molar-refractivity contribution < 1.29 is 35.7 Å². The molecule has 0 radical (unpaired) electrons. The van der Waals surface area contributed by atoms with Crippen molar-refractivity contribution in [2.75, 3.05) is 17.8 Å². The van der Waals surface area contributed by atoms with Crippen molar-refractivity contribution in [2.24, 2.45) is 0 Å². The maximum absolute atomic E-state index is 15.4. The molecule has 0 bridgehead atoms. The Bertz CT molecular complexity index is 1530. The Hall–Kier alpha value is -2.94. The van der Waals surface area contributed by atoms with Crippen molar-refractivity contribution in [3.63, 3.8) is 0 Å². The van der Waals surface area contributed by atoms with E-state index in [4.69, 9.17) is 9.31 Å². The molecule has 2 aromatic heterocycles. The van der Waals surface area contributed by atoms with E-state index in [2.05, 4.69) is 9.97 Å². The predicted molar refractivity (Wildman–Crippen MR) is 135 cm³/mol. The van der Waals surface area contributed by atoms with Crippen LogP contribution in [0.3, 0.4) is 0 Å². The van der Waals surface area contributed by atoms with Crippen LogP contribution in [0.15, 0.2) is 30.6 Å². The van der Waals surface area contributed by atoms with Gasteiger partial charge < -0.3 is 14.3 Å². The fraction of sp³-hybridized carbons (Fsp3) is 0.417. The molecule has 2 aliphatic heterocycles. The van der Waals surface area contributed by atoms with E-state index in [9.17, 15) is 22.0 Å². The molecule has 1 atom stereocenters. The van der Waals surface area contributed by atoms with Crippen LogP contribution in [-0.4, -0.2) is 66.1 Å². The zero-order valence-electron chi connectivity index (χ0n) is 21.1. The molecule has 2 aliphatic rings. The lowest BCUT2D eigenvalue weighted by atomic mass is 9.79. The highest BCUT2D eigenvalue weighted by Crippen LogP contribution is 2.37. The minimum atomic E-state index is -4.32. The molecule has 202 valence electrons. The Morgan fingerprint density at radius 2 is 1.89 bits per heavy atom. The van der Waals surface area contributed by atoms with Gasteiger partial charge in [-0.3, -0.25) is 9.52 Å². The lowest BCUT2D eigenvalue weighted by Gasteiger charge is -2.32. The predicted octanol–water partition coefficient (Wildman–Crippen LogP) is 3.07. The maximum atomic E-state index is 15.4. The van der Waals surface area contributed by atoms with Crippen molar-refractivity contribution >= 4 is 45.3 Å². The van der Waals surface area contributed by atoms with Gasteiger partial charge in [-0.1, -0.05) is 0 Å². The zero-order chi connectivity index (χ0) is 27.6. The molecule has 2 fully saturated rings. The largest absolute Gasteiger partial charge is 0.496 e. The van der Waals surface area contributed by atoms with Gasteiger partial charge in [-0.2, -0.15) is 12.7 Å². The van der Waals surface area contributed by atoms with Crippen molar-refractivity contribution in [3.8, 4) is 0 Å². The highest BCUT2D eigenvalue weighted by atomic mass is 32.2. The van der Waals surface area contributed by atoms with Gasteiger partial charge in [0.15, 0.2) is 5.82 Å². The molecule has 14 heteroatoms. The lowest BCUT2D eigenvalue weighted by molar-refractivity contribution is 0.00578. The molecular formula is C24H26BF3N4O5S. The first-order valence-electron chi connectivity index (χ1n) is 12.0. The van der Waals surface area contributed by atoms with Crippen molar-refractivity contribution in [1.29, 1.82) is 0 Å². The molecule has 0 unspecified atom stereocenters. The van der Waals surface area contributed by atoms with Crippen LogP contribution in [-0.2, 0) is 19.5 Å². The average Bonchev–Trinajstić information content (AvgIpc) is 3.51. The average molecular weight is 550 g/mol. The zero-order valence-corrected chi connectivity index (χ0v) is 22.0. The number of carbonyl (C=O) groups is 1. The van der Waals surface area contributed by atoms with Crippen LogP contribution >= 0.6 is 0 Å². The Morgan fingerprint density at radius 1 is 1.21 bits per heavy atom. The molecule has 4 heterocycles. The standard InChI is InChI=1S/C24H26BF3N4O5S/c1-23(2)24(3,4)37-25(36-23)13-9-15-16(11-30-22(15)29-10-13)21(33)19-17(27)5-6-18(20(19)28)31-38(34,35)32-8-7-14(26)12-32/h5-6,9-11,14,31H,7-8,12H2,1-4H3,(H,29,30)/t14-/m1/s1. The minimum Gasteiger partial charge on any atom is -0.399 e. The number of rotatable bonds is 6. The molecular weight excluding hydrogens is 524 g/mol. The smallest absolute Gasteiger partial charge is 0.399 e. The number of nitrogens with zero attached hydrogens (tertiary/aromatic N) is 2. The van der Waals surface area contributed by atoms with E-state index in [1.165, 1.54) is 12.4 Å². The number of H-pyrrole nitrogens is 1. The van der Waals surface area contributed by atoms with Gasteiger partial charge in [-0.15, -0.1) is 0 Å². The summed E-state index contributed by atoms with van der Waals surface area (Å²) >= 11 is 0. The number of fused-ring (bicyclic) bond motifs is 1. The first kappa shape index (κ1) is 26.7. The number of carbonyl (C=O) groups excluding carboxylic acids is 1. The second kappa shape index (κ2) is 9.07. The summed E-state index contributed by atoms with van der Waals surface area (Å²) in [6, 6.07) is 3.26. The van der Waals surface area contributed by atoms with Gasteiger partial charge in [0, 0.05) is 41.9 Å². The van der Waals surface area contributed by atoms with Crippen LogP contribution in [0.4, 0.5) is 18.9 Å². The monoisotopic (exact) mass is 550 g/mol. The quantitative estimate of drug-likeness (QED) is 0.361. The normalized spacial score (nSPS) is 21.3. The van der Waals surface area contributed by atoms with Gasteiger partial charge in [-0.05, 0) is 52.3 Å². The van der Waals surface area contributed by atoms with Crippen molar-refractivity contribution in [3.05, 3.63) is 53.4 Å². The molecule has 0 amide bonds. The molecule has 5 rings (SSSR count). The van der Waals surface area contributed by atoms with E-state index >= 15 is 4.39 Å². The number of hydrogen-bond donors (Lipinski definition) is 2. The SMILES string of the molecule is CC1(C)OB(c2cnc3[nH]cc(C(=O)c4c(F)ccc(NS(=O)(=O)N5CC[C@@H](F)C5)c4F)c3c2)OC1(C)C. The van der Waals surface area contributed by atoms with E-state index in [-0.39, 0.29) is 30.5 Å². The first-order valence-corrected chi connectivity index (χ1v) is 13.4. The number of nitrogens with one attached hydrogen (secondary N) is 2. The molecule has 0 aliphatic carbocycles. The summed E-state index contributed by atoms with van der Waals surface area (Å²) in [5.41, 5.74) is -2.11. The summed E-state index contributed by atoms with van der Waals surface area (Å²) in [6.45, 7) is 7.08. The van der Waals surface area contributed by atoms with Gasteiger partial charge in [0.2, 0.25) is 5.78 Å². The highest BCUT2D eigenvalue weighted by Gasteiger charge is 2.52. The molecule has 0 saturated carbocycles. The summed E-state index contributed by atoms with van der Waals surface area (Å²) < 4.78 is 83.8. The summed E-state index contributed by atoms with van der Waals surface area (Å²) in [5, 5.41) is 0.276. The van der Waals surface area contributed by atoms with Crippen LogP contribution in [0.5, 0.6) is 0 Å². The van der Waals surface area contributed by atoms with Crippen molar-refractivity contribution in [2.45, 2.75) is 51.5 Å². The van der Waals surface area contributed by atoms with Crippen LogP contribution < -0.4 is 10.2 Å². The fourth-order valence-electron chi connectivity index (χ4n) is 4.40. The Kier molecular flexibility index (Phi) is 6.37. The number of benzene rings is 1. The van der Waals surface area contributed by atoms with Gasteiger partial charge >= 0.3 is 17.3 Å². The molecule has 2 saturated heterocycles. The van der Waals surface area contributed by atoms with Crippen LogP contribution in [0.2, 0.25) is 0 Å². The molecule has 38 heavy (non-hydrogen) atoms. The Balaban J connectivity index is 1.49. The summed E-state index contributed by atoms with van der Waals surface area (Å²) in [4.78, 5) is 20.5. The van der Waals surface area contributed by atoms with E-state index in [1.54, 1.807) is 6.07 Å². The molecule has 3 aromatic rings. The van der Waals surface area contributed by atoms with Crippen molar-refractivity contribution in [1.82, 2.24) is 14.3 Å². The molecule has 1 aromatic carbocycles. The third-order valence-electron chi connectivity index (χ3n) is 7.31. The third kappa shape index (κ3) is 4.48. The number of alkyl halides is 1. The van der Waals surface area contributed by atoms with Gasteiger partial charge in [0.05, 0.1) is 22.5 Å². The molecule has 2 N–H and O–H groups in total. The summed E-state index contributed by atoms with van der Waals surface area (Å²) in [6.07, 6.45) is 1.47. The Labute approximate surface area is 218 Å². The third-order valence-corrected chi connectivity index (χ3v) is 8.80. The topological polar surface area (TPSA) is 114 Å². The summed E-state index contributed by atoms with van der Waals surface area (Å²) in [7, 11) is -5.10. The van der Waals surface area contributed by atoms with Gasteiger partial charge in [0.25, 0.3) is 0 Å². The highest BCUT2D eigenvalue weighted by molar-refractivity contribution is 7.90. The van der Waals surface area contributed by atoms with E-state index < -0.39 is 63.4 Å². The maximum Gasteiger partial charge on any atom is 0.496 e. The van der Waals surface area contributed by atoms with Crippen LogP contribution in [0.25, 0.3) is 11.0 Å². The van der Waals surface area contributed by atoms with E-state index in [0.717, 1.165) is 16.4 Å². The number of ketones is 1. The second-order valence-corrected chi connectivity index (χ2v) is 12.1. The van der Waals surface area contributed by atoms with Gasteiger partial charge in [0.1, 0.15) is 17.6 Å². The lowest BCUT2D eigenvalue weighted by Crippen LogP contribution is -2.41. The van der Waals surface area contributed by atoms with Crippen LogP contribution in [0, 0.1) is 11.6 Å². The second-order valence-electron chi connectivity index (χ2n) is 10.4. The number of aromatic amines is 1. The summed E-state index contributed by atoms with van der Waals surface area (Å²) in [5.74, 6) is -3.59. The number of anilines is 1. The number of hydrogen-bond acceptors (Lipinski definition) is 6. The molecule has 0 spiro atoms. The first-order chi connectivity index (χ1) is 17.7. The fourth-order valence-corrected chi connectivity index (χ4v) is 5.67. The number of aromatic nitrogens is 2. The number of pyridine rings is 1. The number of halogens is 3. The Morgan fingerprint density at radius 3 is 2.53 bits per heavy atom. The van der Waals surface area contributed by atoms with Gasteiger partial charge in [-0.25, -0.2) is 18.2 Å². The minimum absolute atomic E-state index is 0.0130. The van der Waals surface area contributed by atoms with Crippen LogP contribution in [0.1, 0.15) is 50.0 Å².